The van der Waals surface area contributed by atoms with Crippen LogP contribution in [0.25, 0.3) is 0 Å². The summed E-state index contributed by atoms with van der Waals surface area (Å²) in [7, 11) is 0. The van der Waals surface area contributed by atoms with Gasteiger partial charge >= 0.3 is 0 Å². The van der Waals surface area contributed by atoms with Gasteiger partial charge in [0.25, 0.3) is 0 Å². The van der Waals surface area contributed by atoms with Gasteiger partial charge < -0.3 is 5.32 Å². The summed E-state index contributed by atoms with van der Waals surface area (Å²) in [5.41, 5.74) is 3.33. The van der Waals surface area contributed by atoms with Gasteiger partial charge in [0.1, 0.15) is 0 Å². The molecule has 118 valence electrons. The molecule has 21 heavy (non-hydrogen) atoms. The Kier molecular flexibility index (Phi) is 5.87. The van der Waals surface area contributed by atoms with Crippen molar-refractivity contribution in [3.8, 4) is 0 Å². The molecule has 2 rings (SSSR count). The van der Waals surface area contributed by atoms with Gasteiger partial charge in [-0.2, -0.15) is 0 Å². The Hall–Kier alpha value is -0.820. The molecule has 0 amide bonds. The van der Waals surface area contributed by atoms with Crippen molar-refractivity contribution >= 4 is 0 Å². The maximum absolute atomic E-state index is 3.79. The van der Waals surface area contributed by atoms with Crippen molar-refractivity contribution in [3.05, 3.63) is 35.4 Å². The van der Waals surface area contributed by atoms with Crippen molar-refractivity contribution in [2.45, 2.75) is 78.8 Å². The molecule has 1 saturated carbocycles. The van der Waals surface area contributed by atoms with Gasteiger partial charge in [-0.25, -0.2) is 0 Å². The summed E-state index contributed by atoms with van der Waals surface area (Å²) in [5, 5.41) is 3.79. The Morgan fingerprint density at radius 2 is 1.62 bits per heavy atom. The Labute approximate surface area is 131 Å². The number of nitrogens with one attached hydrogen (secondary N) is 1. The minimum absolute atomic E-state index is 0.477. The van der Waals surface area contributed by atoms with Crippen LogP contribution in [0, 0.1) is 11.3 Å². The van der Waals surface area contributed by atoms with Gasteiger partial charge in [0, 0.05) is 12.6 Å². The predicted octanol–water partition coefficient (Wildman–Crippen LogP) is 5.33. The number of rotatable bonds is 4. The fraction of sp³-hybridized carbons (Fsp3) is 0.700. The van der Waals surface area contributed by atoms with E-state index in [1.54, 1.807) is 0 Å². The molecule has 0 radical (unpaired) electrons. The summed E-state index contributed by atoms with van der Waals surface area (Å²) >= 11 is 0. The van der Waals surface area contributed by atoms with Crippen LogP contribution in [0.3, 0.4) is 0 Å². The third-order valence-electron chi connectivity index (χ3n) is 5.22. The minimum atomic E-state index is 0.477. The normalized spacial score (nSPS) is 23.8. The van der Waals surface area contributed by atoms with Crippen molar-refractivity contribution in [2.24, 2.45) is 11.3 Å². The first-order chi connectivity index (χ1) is 9.99. The molecule has 1 aromatic rings. The maximum Gasteiger partial charge on any atom is 0.0208 e. The summed E-state index contributed by atoms with van der Waals surface area (Å²) in [5.74, 6) is 0.896. The third-order valence-corrected chi connectivity index (χ3v) is 5.22. The van der Waals surface area contributed by atoms with Crippen LogP contribution in [0.15, 0.2) is 24.3 Å². The van der Waals surface area contributed by atoms with Gasteiger partial charge in [-0.15, -0.1) is 0 Å². The molecule has 0 heterocycles. The molecule has 2 atom stereocenters. The molecule has 2 unspecified atom stereocenters. The summed E-state index contributed by atoms with van der Waals surface area (Å²) in [6, 6.07) is 9.80. The van der Waals surface area contributed by atoms with Crippen molar-refractivity contribution in [3.63, 3.8) is 0 Å². The number of hydrogen-bond acceptors (Lipinski definition) is 1. The third kappa shape index (κ3) is 5.14. The van der Waals surface area contributed by atoms with Gasteiger partial charge in [-0.1, -0.05) is 58.4 Å². The van der Waals surface area contributed by atoms with E-state index in [9.17, 15) is 0 Å². The average molecular weight is 287 g/mol. The molecule has 1 N–H and O–H groups in total. The van der Waals surface area contributed by atoms with E-state index in [0.717, 1.165) is 18.9 Å². The SMILES string of the molecule is CCc1ccc(CNC2CCCC(C(C)(C)C)CC2)cc1. The molecular weight excluding hydrogens is 254 g/mol. The molecule has 0 aromatic heterocycles. The van der Waals surface area contributed by atoms with Crippen molar-refractivity contribution in [1.82, 2.24) is 5.32 Å². The van der Waals surface area contributed by atoms with Crippen LogP contribution in [0.4, 0.5) is 0 Å². The topological polar surface area (TPSA) is 12.0 Å². The lowest BCUT2D eigenvalue weighted by Crippen LogP contribution is -2.28. The fourth-order valence-electron chi connectivity index (χ4n) is 3.53. The molecule has 0 bridgehead atoms. The lowest BCUT2D eigenvalue weighted by atomic mass is 9.76. The van der Waals surface area contributed by atoms with Crippen LogP contribution >= 0.6 is 0 Å². The van der Waals surface area contributed by atoms with Crippen molar-refractivity contribution in [2.75, 3.05) is 0 Å². The molecule has 1 heteroatoms. The zero-order chi connectivity index (χ0) is 15.3. The zero-order valence-electron chi connectivity index (χ0n) is 14.4. The number of hydrogen-bond donors (Lipinski definition) is 1. The summed E-state index contributed by atoms with van der Waals surface area (Å²) < 4.78 is 0. The molecule has 1 aliphatic rings. The second-order valence-electron chi connectivity index (χ2n) is 7.82. The number of aryl methyl sites for hydroxylation is 1. The van der Waals surface area contributed by atoms with E-state index in [1.165, 1.54) is 43.2 Å². The highest BCUT2D eigenvalue weighted by Gasteiger charge is 2.27. The summed E-state index contributed by atoms with van der Waals surface area (Å²) in [4.78, 5) is 0. The Balaban J connectivity index is 1.80. The lowest BCUT2D eigenvalue weighted by Gasteiger charge is -2.29. The second kappa shape index (κ2) is 7.45. The summed E-state index contributed by atoms with van der Waals surface area (Å²) in [6.45, 7) is 10.4. The zero-order valence-corrected chi connectivity index (χ0v) is 14.4. The molecule has 1 fully saturated rings. The van der Waals surface area contributed by atoms with Crippen LogP contribution in [0.2, 0.25) is 0 Å². The molecule has 0 saturated heterocycles. The van der Waals surface area contributed by atoms with E-state index >= 15 is 0 Å². The van der Waals surface area contributed by atoms with Gasteiger partial charge in [0.2, 0.25) is 0 Å². The number of benzene rings is 1. The summed E-state index contributed by atoms with van der Waals surface area (Å²) in [6.07, 6.45) is 8.00. The van der Waals surface area contributed by atoms with E-state index in [4.69, 9.17) is 0 Å². The van der Waals surface area contributed by atoms with Crippen LogP contribution in [-0.2, 0) is 13.0 Å². The van der Waals surface area contributed by atoms with E-state index in [1.807, 2.05) is 0 Å². The molecule has 1 nitrogen and oxygen atoms in total. The highest BCUT2D eigenvalue weighted by molar-refractivity contribution is 5.22. The van der Waals surface area contributed by atoms with E-state index in [2.05, 4.69) is 57.3 Å². The first-order valence-electron chi connectivity index (χ1n) is 8.80. The van der Waals surface area contributed by atoms with Gasteiger partial charge in [0.05, 0.1) is 0 Å². The Morgan fingerprint density at radius 3 is 2.24 bits per heavy atom. The highest BCUT2D eigenvalue weighted by atomic mass is 14.9. The predicted molar refractivity (Wildman–Crippen MR) is 92.5 cm³/mol. The smallest absolute Gasteiger partial charge is 0.0208 e. The minimum Gasteiger partial charge on any atom is -0.310 e. The van der Waals surface area contributed by atoms with Crippen LogP contribution in [-0.4, -0.2) is 6.04 Å². The van der Waals surface area contributed by atoms with Gasteiger partial charge in [0.15, 0.2) is 0 Å². The van der Waals surface area contributed by atoms with Gasteiger partial charge in [-0.05, 0) is 54.6 Å². The lowest BCUT2D eigenvalue weighted by molar-refractivity contribution is 0.213. The van der Waals surface area contributed by atoms with Gasteiger partial charge in [-0.3, -0.25) is 0 Å². The van der Waals surface area contributed by atoms with E-state index in [-0.39, 0.29) is 0 Å². The molecule has 0 aliphatic heterocycles. The Bertz CT molecular complexity index is 412. The molecule has 1 aromatic carbocycles. The largest absolute Gasteiger partial charge is 0.310 e. The first kappa shape index (κ1) is 16.5. The highest BCUT2D eigenvalue weighted by Crippen LogP contribution is 2.36. The monoisotopic (exact) mass is 287 g/mol. The van der Waals surface area contributed by atoms with Crippen LogP contribution in [0.1, 0.15) is 70.9 Å². The quantitative estimate of drug-likeness (QED) is 0.738. The molecular formula is C20H33N. The average Bonchev–Trinajstić information content (AvgIpc) is 2.71. The molecule has 0 spiro atoms. The standard InChI is InChI=1S/C20H33N/c1-5-16-9-11-17(12-10-16)15-21-19-8-6-7-18(13-14-19)20(2,3)4/h9-12,18-19,21H,5-8,13-15H2,1-4H3. The second-order valence-corrected chi connectivity index (χ2v) is 7.82. The Morgan fingerprint density at radius 1 is 0.952 bits per heavy atom. The maximum atomic E-state index is 3.79. The molecule has 1 aliphatic carbocycles. The van der Waals surface area contributed by atoms with Crippen molar-refractivity contribution < 1.29 is 0 Å². The fourth-order valence-corrected chi connectivity index (χ4v) is 3.53. The first-order valence-corrected chi connectivity index (χ1v) is 8.80. The van der Waals surface area contributed by atoms with Crippen molar-refractivity contribution in [1.29, 1.82) is 0 Å². The van der Waals surface area contributed by atoms with E-state index in [0.29, 0.717) is 11.5 Å². The van der Waals surface area contributed by atoms with Crippen LogP contribution < -0.4 is 5.32 Å². The van der Waals surface area contributed by atoms with Crippen LogP contribution in [0.5, 0.6) is 0 Å². The van der Waals surface area contributed by atoms with E-state index < -0.39 is 0 Å².